The summed E-state index contributed by atoms with van der Waals surface area (Å²) >= 11 is 6.56. The minimum absolute atomic E-state index is 0.309. The molecule has 0 unspecified atom stereocenters. The monoisotopic (exact) mass is 345 g/mol. The molecule has 0 N–H and O–H groups in total. The van der Waals surface area contributed by atoms with Crippen LogP contribution in [0, 0.1) is 11.3 Å². The van der Waals surface area contributed by atoms with Crippen LogP contribution in [0.25, 0.3) is 0 Å². The molecule has 0 heterocycles. The van der Waals surface area contributed by atoms with Gasteiger partial charge < -0.3 is 4.74 Å². The average molecular weight is 347 g/mol. The van der Waals surface area contributed by atoms with Crippen molar-refractivity contribution in [3.05, 3.63) is 33.3 Å². The van der Waals surface area contributed by atoms with Crippen molar-refractivity contribution in [1.82, 2.24) is 0 Å². The molecular weight excluding hydrogens is 338 g/mol. The third kappa shape index (κ3) is 2.63. The number of hydrogen-bond acceptors (Lipinski definition) is 3. The molecule has 0 radical (unpaired) electrons. The fraction of sp³-hybridized carbons (Fsp3) is 0.273. The summed E-state index contributed by atoms with van der Waals surface area (Å²) in [7, 11) is 0. The molecule has 5 heteroatoms. The lowest BCUT2D eigenvalue weighted by Gasteiger charge is -2.10. The van der Waals surface area contributed by atoms with Crippen LogP contribution in [-0.2, 0) is 10.1 Å². The minimum atomic E-state index is -0.416. The van der Waals surface area contributed by atoms with Gasteiger partial charge in [-0.05, 0) is 40.5 Å². The molecule has 0 bridgehead atoms. The van der Waals surface area contributed by atoms with Gasteiger partial charge in [-0.3, -0.25) is 0 Å². The van der Waals surface area contributed by atoms with Gasteiger partial charge >= 0.3 is 5.97 Å². The molecule has 0 aromatic heterocycles. The van der Waals surface area contributed by atoms with Crippen molar-refractivity contribution in [2.75, 3.05) is 6.61 Å². The Morgan fingerprint density at radius 1 is 1.56 bits per heavy atom. The van der Waals surface area contributed by atoms with Gasteiger partial charge in [0, 0.05) is 9.80 Å². The second-order valence-electron chi connectivity index (χ2n) is 2.91. The van der Waals surface area contributed by atoms with Crippen molar-refractivity contribution in [2.24, 2.45) is 0 Å². The quantitative estimate of drug-likeness (QED) is 0.622. The van der Waals surface area contributed by atoms with E-state index >= 15 is 0 Å². The van der Waals surface area contributed by atoms with Gasteiger partial charge in [-0.1, -0.05) is 15.9 Å². The fourth-order valence-corrected chi connectivity index (χ4v) is 2.40. The first-order chi connectivity index (χ1) is 7.65. The van der Waals surface area contributed by atoms with Crippen LogP contribution in [-0.4, -0.2) is 12.6 Å². The maximum atomic E-state index is 11.7. The number of carbonyl (C=O) groups excluding carboxylic acids is 1. The Morgan fingerprint density at radius 2 is 2.25 bits per heavy atom. The number of ether oxygens (including phenoxy) is 1. The number of rotatable bonds is 3. The van der Waals surface area contributed by atoms with E-state index in [0.29, 0.717) is 33.1 Å². The summed E-state index contributed by atoms with van der Waals surface area (Å²) < 4.78 is 5.59. The van der Waals surface area contributed by atoms with E-state index in [1.807, 2.05) is 0 Å². The molecular formula is C11H9Br2NO2. The van der Waals surface area contributed by atoms with Crippen molar-refractivity contribution < 1.29 is 9.53 Å². The number of carbonyl (C=O) groups is 1. The van der Waals surface area contributed by atoms with Crippen LogP contribution in [0.3, 0.4) is 0 Å². The first kappa shape index (κ1) is 13.2. The van der Waals surface area contributed by atoms with E-state index in [4.69, 9.17) is 10.00 Å². The Kier molecular flexibility index (Phi) is 4.97. The largest absolute Gasteiger partial charge is 0.462 e. The average Bonchev–Trinajstić information content (AvgIpc) is 2.28. The molecule has 0 aliphatic carbocycles. The highest BCUT2D eigenvalue weighted by atomic mass is 79.9. The lowest BCUT2D eigenvalue weighted by Crippen LogP contribution is -2.09. The number of nitriles is 1. The van der Waals surface area contributed by atoms with Gasteiger partial charge in [0.25, 0.3) is 0 Å². The minimum Gasteiger partial charge on any atom is -0.462 e. The van der Waals surface area contributed by atoms with Crippen molar-refractivity contribution in [3.63, 3.8) is 0 Å². The van der Waals surface area contributed by atoms with Crippen molar-refractivity contribution in [3.8, 4) is 6.07 Å². The first-order valence-corrected chi connectivity index (χ1v) is 6.51. The summed E-state index contributed by atoms with van der Waals surface area (Å²) in [6, 6.07) is 5.40. The zero-order valence-electron chi connectivity index (χ0n) is 8.59. The van der Waals surface area contributed by atoms with E-state index in [1.165, 1.54) is 0 Å². The third-order valence-electron chi connectivity index (χ3n) is 2.00. The molecule has 0 saturated heterocycles. The number of esters is 1. The molecule has 0 saturated carbocycles. The third-order valence-corrected chi connectivity index (χ3v) is 3.22. The van der Waals surface area contributed by atoms with E-state index in [1.54, 1.807) is 19.1 Å². The van der Waals surface area contributed by atoms with Gasteiger partial charge in [-0.2, -0.15) is 5.26 Å². The summed E-state index contributed by atoms with van der Waals surface area (Å²) in [6.45, 7) is 2.05. The number of benzene rings is 1. The Labute approximate surface area is 111 Å². The van der Waals surface area contributed by atoms with E-state index in [-0.39, 0.29) is 0 Å². The van der Waals surface area contributed by atoms with Crippen LogP contribution >= 0.6 is 31.9 Å². The number of alkyl halides is 1. The molecule has 0 atom stereocenters. The SMILES string of the molecule is CCOC(=O)c1c(Br)ccc(C#N)c1CBr. The molecule has 1 rings (SSSR count). The van der Waals surface area contributed by atoms with Crippen LogP contribution in [0.15, 0.2) is 16.6 Å². The zero-order valence-corrected chi connectivity index (χ0v) is 11.8. The molecule has 0 fully saturated rings. The highest BCUT2D eigenvalue weighted by Crippen LogP contribution is 2.26. The van der Waals surface area contributed by atoms with Crippen molar-refractivity contribution in [1.29, 1.82) is 5.26 Å². The molecule has 0 aliphatic rings. The predicted octanol–water partition coefficient (Wildman–Crippen LogP) is 3.39. The predicted molar refractivity (Wildman–Crippen MR) is 67.4 cm³/mol. The van der Waals surface area contributed by atoms with Gasteiger partial charge in [0.2, 0.25) is 0 Å². The topological polar surface area (TPSA) is 50.1 Å². The summed E-state index contributed by atoms with van der Waals surface area (Å²) in [4.78, 5) is 11.7. The molecule has 0 aliphatic heterocycles. The van der Waals surface area contributed by atoms with Gasteiger partial charge in [0.05, 0.1) is 23.8 Å². The van der Waals surface area contributed by atoms with Gasteiger partial charge in [0.1, 0.15) is 0 Å². The zero-order chi connectivity index (χ0) is 12.1. The lowest BCUT2D eigenvalue weighted by atomic mass is 10.0. The van der Waals surface area contributed by atoms with Crippen LogP contribution < -0.4 is 0 Å². The summed E-state index contributed by atoms with van der Waals surface area (Å²) in [5.74, 6) is -0.416. The highest BCUT2D eigenvalue weighted by Gasteiger charge is 2.18. The van der Waals surface area contributed by atoms with Crippen molar-refractivity contribution in [2.45, 2.75) is 12.3 Å². The normalized spacial score (nSPS) is 9.62. The molecule has 84 valence electrons. The number of hydrogen-bond donors (Lipinski definition) is 0. The van der Waals surface area contributed by atoms with E-state index in [2.05, 4.69) is 37.9 Å². The first-order valence-electron chi connectivity index (χ1n) is 4.60. The van der Waals surface area contributed by atoms with Gasteiger partial charge in [-0.15, -0.1) is 0 Å². The molecule has 0 spiro atoms. The second-order valence-corrected chi connectivity index (χ2v) is 4.33. The molecule has 3 nitrogen and oxygen atoms in total. The Balaban J connectivity index is 3.35. The Bertz CT molecular complexity index is 452. The molecule has 1 aromatic carbocycles. The maximum Gasteiger partial charge on any atom is 0.339 e. The second kappa shape index (κ2) is 6.02. The summed E-state index contributed by atoms with van der Waals surface area (Å²) in [5, 5.41) is 9.37. The standard InChI is InChI=1S/C11H9Br2NO2/c1-2-16-11(15)10-8(5-12)7(6-14)3-4-9(10)13/h3-4H,2,5H2,1H3. The van der Waals surface area contributed by atoms with E-state index in [0.717, 1.165) is 0 Å². The molecule has 0 amide bonds. The van der Waals surface area contributed by atoms with E-state index in [9.17, 15) is 4.79 Å². The highest BCUT2D eigenvalue weighted by molar-refractivity contribution is 9.10. The fourth-order valence-electron chi connectivity index (χ4n) is 1.29. The summed E-state index contributed by atoms with van der Waals surface area (Å²) in [6.07, 6.45) is 0. The number of halogens is 2. The van der Waals surface area contributed by atoms with Gasteiger partial charge in [-0.25, -0.2) is 4.79 Å². The molecule has 1 aromatic rings. The van der Waals surface area contributed by atoms with Crippen LogP contribution in [0.2, 0.25) is 0 Å². The molecule has 16 heavy (non-hydrogen) atoms. The Hall–Kier alpha value is -0.860. The van der Waals surface area contributed by atoms with Crippen LogP contribution in [0.1, 0.15) is 28.4 Å². The van der Waals surface area contributed by atoms with Gasteiger partial charge in [0.15, 0.2) is 0 Å². The summed E-state index contributed by atoms with van der Waals surface area (Å²) in [5.41, 5.74) is 1.54. The van der Waals surface area contributed by atoms with Crippen LogP contribution in [0.5, 0.6) is 0 Å². The lowest BCUT2D eigenvalue weighted by molar-refractivity contribution is 0.0524. The Morgan fingerprint density at radius 3 is 2.75 bits per heavy atom. The van der Waals surface area contributed by atoms with E-state index < -0.39 is 5.97 Å². The number of nitrogens with zero attached hydrogens (tertiary/aromatic N) is 1. The maximum absolute atomic E-state index is 11.7. The smallest absolute Gasteiger partial charge is 0.339 e. The van der Waals surface area contributed by atoms with Crippen molar-refractivity contribution >= 4 is 37.8 Å². The van der Waals surface area contributed by atoms with Crippen LogP contribution in [0.4, 0.5) is 0 Å².